The average Bonchev–Trinajstić information content (AvgIpc) is 2.90. The van der Waals surface area contributed by atoms with Gasteiger partial charge in [0.2, 0.25) is 11.7 Å². The molecule has 2 N–H and O–H groups in total. The fourth-order valence-corrected chi connectivity index (χ4v) is 2.88. The standard InChI is InChI=1S/C14H16FN5O4S/c1-3-6-19-13(22)17-18-14(19)25-8(2)12(21)16-9-4-5-10(15)11(7-9)20(23)24/h4-5,7-8H,3,6H2,1-2H3,(H,16,21)(H,17,22)/t8-/m1/s1. The molecular formula is C14H16FN5O4S. The molecule has 1 aromatic heterocycles. The molecular weight excluding hydrogens is 353 g/mol. The first-order valence-electron chi connectivity index (χ1n) is 7.40. The lowest BCUT2D eigenvalue weighted by molar-refractivity contribution is -0.387. The third-order valence-corrected chi connectivity index (χ3v) is 4.32. The molecule has 11 heteroatoms. The zero-order valence-electron chi connectivity index (χ0n) is 13.5. The topological polar surface area (TPSA) is 123 Å². The second-order valence-corrected chi connectivity index (χ2v) is 6.44. The maximum absolute atomic E-state index is 13.3. The number of nitro benzene ring substituents is 1. The summed E-state index contributed by atoms with van der Waals surface area (Å²) in [5.74, 6) is -1.44. The van der Waals surface area contributed by atoms with Gasteiger partial charge in [0.1, 0.15) is 0 Å². The fourth-order valence-electron chi connectivity index (χ4n) is 2.00. The van der Waals surface area contributed by atoms with Crippen molar-refractivity contribution in [3.63, 3.8) is 0 Å². The largest absolute Gasteiger partial charge is 0.343 e. The van der Waals surface area contributed by atoms with Crippen molar-refractivity contribution in [2.45, 2.75) is 37.2 Å². The smallest absolute Gasteiger partial charge is 0.325 e. The van der Waals surface area contributed by atoms with E-state index in [4.69, 9.17) is 0 Å². The maximum atomic E-state index is 13.3. The van der Waals surface area contributed by atoms with Crippen molar-refractivity contribution in [2.24, 2.45) is 0 Å². The van der Waals surface area contributed by atoms with Crippen LogP contribution < -0.4 is 11.0 Å². The van der Waals surface area contributed by atoms with Gasteiger partial charge in [0.05, 0.1) is 10.2 Å². The molecule has 1 aromatic carbocycles. The van der Waals surface area contributed by atoms with E-state index in [1.54, 1.807) is 6.92 Å². The second-order valence-electron chi connectivity index (χ2n) is 5.14. The van der Waals surface area contributed by atoms with Crippen molar-refractivity contribution >= 4 is 29.0 Å². The molecule has 1 atom stereocenters. The normalized spacial score (nSPS) is 12.0. The van der Waals surface area contributed by atoms with E-state index >= 15 is 0 Å². The van der Waals surface area contributed by atoms with Crippen LogP contribution in [0.5, 0.6) is 0 Å². The third kappa shape index (κ3) is 4.44. The van der Waals surface area contributed by atoms with Gasteiger partial charge in [-0.25, -0.2) is 9.89 Å². The summed E-state index contributed by atoms with van der Waals surface area (Å²) in [4.78, 5) is 33.8. The van der Waals surface area contributed by atoms with Crippen LogP contribution in [-0.4, -0.2) is 30.8 Å². The molecule has 134 valence electrons. The zero-order valence-corrected chi connectivity index (χ0v) is 14.3. The molecule has 0 fully saturated rings. The van der Waals surface area contributed by atoms with Gasteiger partial charge in [-0.3, -0.25) is 19.5 Å². The van der Waals surface area contributed by atoms with Crippen LogP contribution in [0.25, 0.3) is 0 Å². The molecule has 0 spiro atoms. The first kappa shape index (κ1) is 18.6. The van der Waals surface area contributed by atoms with Crippen molar-refractivity contribution in [2.75, 3.05) is 5.32 Å². The number of nitro groups is 1. The zero-order chi connectivity index (χ0) is 18.6. The first-order chi connectivity index (χ1) is 11.8. The summed E-state index contributed by atoms with van der Waals surface area (Å²) in [5, 5.41) is 19.2. The monoisotopic (exact) mass is 369 g/mol. The molecule has 2 aromatic rings. The number of halogens is 1. The number of thioether (sulfide) groups is 1. The summed E-state index contributed by atoms with van der Waals surface area (Å²) < 4.78 is 14.7. The fraction of sp³-hybridized carbons (Fsp3) is 0.357. The van der Waals surface area contributed by atoms with Gasteiger partial charge in [0.25, 0.3) is 0 Å². The second kappa shape index (κ2) is 7.92. The summed E-state index contributed by atoms with van der Waals surface area (Å²) in [6, 6.07) is 3.10. The Balaban J connectivity index is 2.10. The average molecular weight is 369 g/mol. The number of benzene rings is 1. The number of amides is 1. The molecule has 1 heterocycles. The van der Waals surface area contributed by atoms with Crippen LogP contribution in [0, 0.1) is 15.9 Å². The Morgan fingerprint density at radius 1 is 1.56 bits per heavy atom. The summed E-state index contributed by atoms with van der Waals surface area (Å²) in [5.41, 5.74) is -0.966. The Kier molecular flexibility index (Phi) is 5.91. The third-order valence-electron chi connectivity index (χ3n) is 3.23. The predicted molar refractivity (Wildman–Crippen MR) is 90.1 cm³/mol. The van der Waals surface area contributed by atoms with Gasteiger partial charge < -0.3 is 5.32 Å². The van der Waals surface area contributed by atoms with Crippen LogP contribution in [0.4, 0.5) is 15.8 Å². The minimum Gasteiger partial charge on any atom is -0.325 e. The van der Waals surface area contributed by atoms with Crippen molar-refractivity contribution in [1.82, 2.24) is 14.8 Å². The number of aromatic nitrogens is 3. The Morgan fingerprint density at radius 3 is 2.92 bits per heavy atom. The molecule has 0 unspecified atom stereocenters. The van der Waals surface area contributed by atoms with E-state index in [2.05, 4.69) is 15.5 Å². The highest BCUT2D eigenvalue weighted by atomic mass is 32.2. The lowest BCUT2D eigenvalue weighted by Crippen LogP contribution is -2.24. The Labute approximate surface area is 145 Å². The van der Waals surface area contributed by atoms with E-state index < -0.39 is 27.6 Å². The van der Waals surface area contributed by atoms with Crippen LogP contribution in [0.2, 0.25) is 0 Å². The SMILES string of the molecule is CCCn1c(S[C@H](C)C(=O)Nc2ccc(F)c([N+](=O)[O-])c2)n[nH]c1=O. The molecule has 0 bridgehead atoms. The molecule has 0 aliphatic carbocycles. The Morgan fingerprint density at radius 2 is 2.28 bits per heavy atom. The molecule has 0 saturated carbocycles. The number of carbonyl (C=O) groups excluding carboxylic acids is 1. The number of nitrogens with one attached hydrogen (secondary N) is 2. The van der Waals surface area contributed by atoms with E-state index in [0.717, 1.165) is 30.3 Å². The van der Waals surface area contributed by atoms with Gasteiger partial charge in [0.15, 0.2) is 5.16 Å². The van der Waals surface area contributed by atoms with Crippen molar-refractivity contribution in [1.29, 1.82) is 0 Å². The molecule has 1 amide bonds. The number of hydrogen-bond donors (Lipinski definition) is 2. The number of carbonyl (C=O) groups is 1. The first-order valence-corrected chi connectivity index (χ1v) is 8.28. The molecule has 0 saturated heterocycles. The van der Waals surface area contributed by atoms with E-state index in [-0.39, 0.29) is 11.4 Å². The van der Waals surface area contributed by atoms with Gasteiger partial charge in [-0.15, -0.1) is 5.10 Å². The minimum absolute atomic E-state index is 0.110. The lowest BCUT2D eigenvalue weighted by Gasteiger charge is -2.12. The van der Waals surface area contributed by atoms with Crippen molar-refractivity contribution in [3.8, 4) is 0 Å². The van der Waals surface area contributed by atoms with Gasteiger partial charge in [0, 0.05) is 18.3 Å². The van der Waals surface area contributed by atoms with Crippen LogP contribution in [0.3, 0.4) is 0 Å². The molecule has 0 radical (unpaired) electrons. The van der Waals surface area contributed by atoms with Crippen LogP contribution in [-0.2, 0) is 11.3 Å². The Hall–Kier alpha value is -2.69. The summed E-state index contributed by atoms with van der Waals surface area (Å²) >= 11 is 1.07. The van der Waals surface area contributed by atoms with E-state index in [1.807, 2.05) is 6.92 Å². The number of anilines is 1. The Bertz CT molecular complexity index is 850. The molecule has 9 nitrogen and oxygen atoms in total. The summed E-state index contributed by atoms with van der Waals surface area (Å²) in [6.07, 6.45) is 0.729. The van der Waals surface area contributed by atoms with Crippen LogP contribution >= 0.6 is 11.8 Å². The van der Waals surface area contributed by atoms with E-state index in [0.29, 0.717) is 11.7 Å². The highest BCUT2D eigenvalue weighted by Crippen LogP contribution is 2.24. The highest BCUT2D eigenvalue weighted by Gasteiger charge is 2.20. The van der Waals surface area contributed by atoms with Gasteiger partial charge >= 0.3 is 11.4 Å². The number of nitrogens with zero attached hydrogens (tertiary/aromatic N) is 3. The minimum atomic E-state index is -0.981. The van der Waals surface area contributed by atoms with Gasteiger partial charge in [-0.2, -0.15) is 4.39 Å². The maximum Gasteiger partial charge on any atom is 0.343 e. The van der Waals surface area contributed by atoms with Crippen LogP contribution in [0.15, 0.2) is 28.2 Å². The molecule has 25 heavy (non-hydrogen) atoms. The predicted octanol–water partition coefficient (Wildman–Crippen LogP) is 2.15. The number of hydrogen-bond acceptors (Lipinski definition) is 6. The number of aromatic amines is 1. The van der Waals surface area contributed by atoms with E-state index in [9.17, 15) is 24.1 Å². The number of H-pyrrole nitrogens is 1. The van der Waals surface area contributed by atoms with Crippen molar-refractivity contribution < 1.29 is 14.1 Å². The molecule has 0 aliphatic heterocycles. The number of rotatable bonds is 7. The summed E-state index contributed by atoms with van der Waals surface area (Å²) in [7, 11) is 0. The highest BCUT2D eigenvalue weighted by molar-refractivity contribution is 8.00. The van der Waals surface area contributed by atoms with Crippen molar-refractivity contribution in [3.05, 3.63) is 44.6 Å². The quantitative estimate of drug-likeness (QED) is 0.438. The van der Waals surface area contributed by atoms with Gasteiger partial charge in [-0.1, -0.05) is 18.7 Å². The molecule has 0 aliphatic rings. The lowest BCUT2D eigenvalue weighted by atomic mass is 10.2. The molecule has 2 rings (SSSR count). The van der Waals surface area contributed by atoms with Crippen LogP contribution in [0.1, 0.15) is 20.3 Å². The van der Waals surface area contributed by atoms with Gasteiger partial charge in [-0.05, 0) is 25.5 Å². The summed E-state index contributed by atoms with van der Waals surface area (Å²) in [6.45, 7) is 3.98. The van der Waals surface area contributed by atoms with E-state index in [1.165, 1.54) is 10.6 Å².